The number of alkyl halides is 3. The van der Waals surface area contributed by atoms with Crippen LogP contribution in [0, 0.1) is 6.92 Å². The molecule has 1 amide bonds. The van der Waals surface area contributed by atoms with Gasteiger partial charge < -0.3 is 5.32 Å². The second kappa shape index (κ2) is 8.44. The molecule has 0 spiro atoms. The Morgan fingerprint density at radius 2 is 1.69 bits per heavy atom. The van der Waals surface area contributed by atoms with Crippen LogP contribution < -0.4 is 9.62 Å². The van der Waals surface area contributed by atoms with Gasteiger partial charge in [0, 0.05) is 5.69 Å². The molecule has 5 nitrogen and oxygen atoms in total. The summed E-state index contributed by atoms with van der Waals surface area (Å²) in [5.41, 5.74) is 1.40. The van der Waals surface area contributed by atoms with E-state index in [1.807, 2.05) is 39.0 Å². The lowest BCUT2D eigenvalue weighted by molar-refractivity contribution is -0.137. The molecule has 0 aliphatic rings. The number of amides is 1. The molecule has 0 bridgehead atoms. The quantitative estimate of drug-likeness (QED) is 0.735. The molecule has 2 aromatic rings. The molecule has 0 saturated carbocycles. The molecular formula is C20H23F3N2O3S. The fourth-order valence-electron chi connectivity index (χ4n) is 2.87. The Balaban J connectivity index is 2.30. The Hall–Kier alpha value is -2.55. The molecule has 2 aromatic carbocycles. The summed E-state index contributed by atoms with van der Waals surface area (Å²) in [4.78, 5) is 12.6. The van der Waals surface area contributed by atoms with Gasteiger partial charge in [0.25, 0.3) is 0 Å². The summed E-state index contributed by atoms with van der Waals surface area (Å²) < 4.78 is 63.4. The van der Waals surface area contributed by atoms with Crippen molar-refractivity contribution < 1.29 is 26.4 Å². The van der Waals surface area contributed by atoms with Crippen molar-refractivity contribution in [3.05, 3.63) is 59.2 Å². The van der Waals surface area contributed by atoms with E-state index in [-0.39, 0.29) is 11.6 Å². The molecule has 29 heavy (non-hydrogen) atoms. The standard InChI is InChI=1S/C20H23F3N2O3S/c1-13(2)17-7-5-6-14(3)19(17)24-18(26)12-25(29(4,27)28)16-10-8-15(9-11-16)20(21,22)23/h5-11,13H,12H2,1-4H3,(H,24,26). The van der Waals surface area contributed by atoms with Crippen LogP contribution in [0.5, 0.6) is 0 Å². The number of anilines is 2. The van der Waals surface area contributed by atoms with E-state index in [1.165, 1.54) is 0 Å². The van der Waals surface area contributed by atoms with Gasteiger partial charge in [-0.15, -0.1) is 0 Å². The van der Waals surface area contributed by atoms with Crippen molar-refractivity contribution in [2.45, 2.75) is 32.9 Å². The normalized spacial score (nSPS) is 12.1. The third-order valence-electron chi connectivity index (χ3n) is 4.36. The van der Waals surface area contributed by atoms with Gasteiger partial charge in [0.15, 0.2) is 0 Å². The molecule has 0 aliphatic carbocycles. The minimum absolute atomic E-state index is 0.0236. The Morgan fingerprint density at radius 1 is 1.10 bits per heavy atom. The van der Waals surface area contributed by atoms with Crippen LogP contribution in [-0.2, 0) is 21.0 Å². The molecule has 158 valence electrons. The average molecular weight is 428 g/mol. The lowest BCUT2D eigenvalue weighted by atomic mass is 9.98. The van der Waals surface area contributed by atoms with Crippen molar-refractivity contribution in [2.75, 3.05) is 22.4 Å². The van der Waals surface area contributed by atoms with Crippen molar-refractivity contribution in [3.8, 4) is 0 Å². The maximum absolute atomic E-state index is 12.8. The summed E-state index contributed by atoms with van der Waals surface area (Å²) in [5.74, 6) is -0.461. The second-order valence-electron chi connectivity index (χ2n) is 7.06. The van der Waals surface area contributed by atoms with E-state index in [0.717, 1.165) is 46.0 Å². The maximum atomic E-state index is 12.8. The van der Waals surface area contributed by atoms with Crippen LogP contribution in [0.2, 0.25) is 0 Å². The Kier molecular flexibility index (Phi) is 6.62. The molecule has 0 heterocycles. The zero-order chi connectivity index (χ0) is 22.0. The molecule has 1 N–H and O–H groups in total. The van der Waals surface area contributed by atoms with Crippen LogP contribution in [-0.4, -0.2) is 27.1 Å². The number of para-hydroxylation sites is 1. The van der Waals surface area contributed by atoms with Crippen molar-refractivity contribution >= 4 is 27.3 Å². The fourth-order valence-corrected chi connectivity index (χ4v) is 3.72. The lowest BCUT2D eigenvalue weighted by Gasteiger charge is -2.23. The molecule has 9 heteroatoms. The van der Waals surface area contributed by atoms with Gasteiger partial charge in [0.2, 0.25) is 15.9 Å². The third kappa shape index (κ3) is 5.72. The zero-order valence-corrected chi connectivity index (χ0v) is 17.4. The molecule has 2 rings (SSSR count). The van der Waals surface area contributed by atoms with E-state index in [2.05, 4.69) is 5.32 Å². The van der Waals surface area contributed by atoms with Gasteiger partial charge in [-0.1, -0.05) is 32.0 Å². The Labute approximate surface area is 168 Å². The number of hydrogen-bond acceptors (Lipinski definition) is 3. The Bertz CT molecular complexity index is 985. The average Bonchev–Trinajstić information content (AvgIpc) is 2.59. The van der Waals surface area contributed by atoms with Crippen LogP contribution in [0.4, 0.5) is 24.5 Å². The number of nitrogens with one attached hydrogen (secondary N) is 1. The minimum Gasteiger partial charge on any atom is -0.324 e. The first-order valence-electron chi connectivity index (χ1n) is 8.85. The van der Waals surface area contributed by atoms with Gasteiger partial charge in [0.05, 0.1) is 17.5 Å². The molecule has 0 radical (unpaired) electrons. The number of carbonyl (C=O) groups is 1. The molecular weight excluding hydrogens is 405 g/mol. The number of nitrogens with zero attached hydrogens (tertiary/aromatic N) is 1. The van der Waals surface area contributed by atoms with Crippen molar-refractivity contribution in [1.82, 2.24) is 0 Å². The summed E-state index contributed by atoms with van der Waals surface area (Å²) in [6.07, 6.45) is -3.64. The number of hydrogen-bond donors (Lipinski definition) is 1. The number of carbonyl (C=O) groups excluding carboxylic acids is 1. The second-order valence-corrected chi connectivity index (χ2v) is 8.96. The SMILES string of the molecule is Cc1cccc(C(C)C)c1NC(=O)CN(c1ccc(C(F)(F)F)cc1)S(C)(=O)=O. The van der Waals surface area contributed by atoms with E-state index in [4.69, 9.17) is 0 Å². The highest BCUT2D eigenvalue weighted by molar-refractivity contribution is 7.92. The number of benzene rings is 2. The number of sulfonamides is 1. The highest BCUT2D eigenvalue weighted by atomic mass is 32.2. The van der Waals surface area contributed by atoms with Crippen molar-refractivity contribution in [2.24, 2.45) is 0 Å². The summed E-state index contributed by atoms with van der Waals surface area (Å²) >= 11 is 0. The van der Waals surface area contributed by atoms with Gasteiger partial charge in [-0.3, -0.25) is 9.10 Å². The van der Waals surface area contributed by atoms with Gasteiger partial charge in [0.1, 0.15) is 6.54 Å². The molecule has 0 fully saturated rings. The van der Waals surface area contributed by atoms with Gasteiger partial charge >= 0.3 is 6.18 Å². The van der Waals surface area contributed by atoms with Gasteiger partial charge in [-0.2, -0.15) is 13.2 Å². The topological polar surface area (TPSA) is 66.5 Å². The predicted molar refractivity (Wildman–Crippen MR) is 108 cm³/mol. The van der Waals surface area contributed by atoms with Crippen LogP contribution >= 0.6 is 0 Å². The van der Waals surface area contributed by atoms with Gasteiger partial charge in [-0.25, -0.2) is 8.42 Å². The first-order valence-corrected chi connectivity index (χ1v) is 10.7. The zero-order valence-electron chi connectivity index (χ0n) is 16.5. The minimum atomic E-state index is -4.54. The largest absolute Gasteiger partial charge is 0.416 e. The van der Waals surface area contributed by atoms with Crippen molar-refractivity contribution in [1.29, 1.82) is 0 Å². The summed E-state index contributed by atoms with van der Waals surface area (Å²) in [6, 6.07) is 9.19. The smallest absolute Gasteiger partial charge is 0.324 e. The van der Waals surface area contributed by atoms with Crippen LogP contribution in [0.1, 0.15) is 36.5 Å². The summed E-state index contributed by atoms with van der Waals surface area (Å²) in [5, 5.41) is 2.74. The maximum Gasteiger partial charge on any atom is 0.416 e. The molecule has 0 atom stereocenters. The van der Waals surface area contributed by atoms with E-state index in [0.29, 0.717) is 5.69 Å². The molecule has 0 saturated heterocycles. The van der Waals surface area contributed by atoms with E-state index in [9.17, 15) is 26.4 Å². The monoisotopic (exact) mass is 428 g/mol. The fraction of sp³-hybridized carbons (Fsp3) is 0.350. The van der Waals surface area contributed by atoms with E-state index in [1.54, 1.807) is 0 Å². The van der Waals surface area contributed by atoms with Crippen LogP contribution in [0.25, 0.3) is 0 Å². The predicted octanol–water partition coefficient (Wildman–Crippen LogP) is 4.54. The number of aryl methyl sites for hydroxylation is 1. The molecule has 0 unspecified atom stereocenters. The van der Waals surface area contributed by atoms with Crippen molar-refractivity contribution in [3.63, 3.8) is 0 Å². The number of halogens is 3. The highest BCUT2D eigenvalue weighted by Gasteiger charge is 2.31. The van der Waals surface area contributed by atoms with Gasteiger partial charge in [-0.05, 0) is 48.2 Å². The first kappa shape index (κ1) is 22.7. The molecule has 0 aromatic heterocycles. The highest BCUT2D eigenvalue weighted by Crippen LogP contribution is 2.31. The van der Waals surface area contributed by atoms with Crippen LogP contribution in [0.15, 0.2) is 42.5 Å². The van der Waals surface area contributed by atoms with Crippen LogP contribution in [0.3, 0.4) is 0 Å². The van der Waals surface area contributed by atoms with E-state index < -0.39 is 34.2 Å². The summed E-state index contributed by atoms with van der Waals surface area (Å²) in [6.45, 7) is 5.20. The van der Waals surface area contributed by atoms with E-state index >= 15 is 0 Å². The Morgan fingerprint density at radius 3 is 2.17 bits per heavy atom. The first-order chi connectivity index (χ1) is 13.3. The molecule has 0 aliphatic heterocycles. The summed E-state index contributed by atoms with van der Waals surface area (Å²) in [7, 11) is -3.90. The third-order valence-corrected chi connectivity index (χ3v) is 5.50. The number of rotatable bonds is 6. The lowest BCUT2D eigenvalue weighted by Crippen LogP contribution is -2.37.